The largest absolute Gasteiger partial charge is 0.378 e. The lowest BCUT2D eigenvalue weighted by atomic mass is 10.1. The first-order valence-electron chi connectivity index (χ1n) is 9.72. The van der Waals surface area contributed by atoms with E-state index in [-0.39, 0.29) is 5.91 Å². The van der Waals surface area contributed by atoms with Gasteiger partial charge in [0.1, 0.15) is 5.76 Å². The number of aromatic nitrogens is 3. The van der Waals surface area contributed by atoms with E-state index in [1.165, 1.54) is 0 Å². The number of morpholine rings is 1. The van der Waals surface area contributed by atoms with Crippen molar-refractivity contribution in [2.24, 2.45) is 0 Å². The summed E-state index contributed by atoms with van der Waals surface area (Å²) >= 11 is 0. The fourth-order valence-corrected chi connectivity index (χ4v) is 3.65. The summed E-state index contributed by atoms with van der Waals surface area (Å²) < 4.78 is 10.5. The molecule has 0 aliphatic carbocycles. The molecule has 4 rings (SSSR count). The number of aryl methyl sites for hydroxylation is 2. The molecule has 0 radical (unpaired) electrons. The lowest BCUT2D eigenvalue weighted by Gasteiger charge is -2.35. The highest BCUT2D eigenvalue weighted by Crippen LogP contribution is 2.19. The Kier molecular flexibility index (Phi) is 5.43. The second-order valence-corrected chi connectivity index (χ2v) is 7.20. The van der Waals surface area contributed by atoms with E-state index in [1.807, 2.05) is 30.9 Å². The second-order valence-electron chi connectivity index (χ2n) is 7.20. The summed E-state index contributed by atoms with van der Waals surface area (Å²) in [6.45, 7) is 9.72. The second kappa shape index (κ2) is 8.14. The van der Waals surface area contributed by atoms with Crippen molar-refractivity contribution in [3.8, 4) is 0 Å². The van der Waals surface area contributed by atoms with Gasteiger partial charge in [-0.05, 0) is 26.0 Å². The average molecular weight is 386 g/mol. The number of hydrogen-bond acceptors (Lipinski definition) is 8. The van der Waals surface area contributed by atoms with Crippen molar-refractivity contribution in [1.29, 1.82) is 0 Å². The minimum atomic E-state index is 0.114. The predicted octanol–water partition coefficient (Wildman–Crippen LogP) is 0.809. The Bertz CT molecular complexity index is 788. The number of amides is 1. The Morgan fingerprint density at radius 2 is 1.57 bits per heavy atom. The van der Waals surface area contributed by atoms with Gasteiger partial charge in [0.2, 0.25) is 5.91 Å². The lowest BCUT2D eigenvalue weighted by molar-refractivity contribution is -0.130. The Morgan fingerprint density at radius 3 is 2.11 bits per heavy atom. The monoisotopic (exact) mass is 386 g/mol. The molecular weight excluding hydrogens is 360 g/mol. The Balaban J connectivity index is 1.31. The van der Waals surface area contributed by atoms with Crippen molar-refractivity contribution in [2.75, 3.05) is 62.3 Å². The Morgan fingerprint density at radius 1 is 0.964 bits per heavy atom. The lowest BCUT2D eigenvalue weighted by Crippen LogP contribution is -2.49. The molecule has 2 aromatic heterocycles. The first-order chi connectivity index (χ1) is 13.6. The van der Waals surface area contributed by atoms with Crippen LogP contribution in [0, 0.1) is 13.8 Å². The normalized spacial score (nSPS) is 17.9. The van der Waals surface area contributed by atoms with Gasteiger partial charge in [0.05, 0.1) is 25.3 Å². The summed E-state index contributed by atoms with van der Waals surface area (Å²) in [6.07, 6.45) is 0.342. The molecule has 28 heavy (non-hydrogen) atoms. The number of ether oxygens (including phenoxy) is 1. The van der Waals surface area contributed by atoms with Crippen molar-refractivity contribution < 1.29 is 14.1 Å². The van der Waals surface area contributed by atoms with Gasteiger partial charge in [-0.3, -0.25) is 4.79 Å². The van der Waals surface area contributed by atoms with E-state index < -0.39 is 0 Å². The zero-order chi connectivity index (χ0) is 19.5. The zero-order valence-electron chi connectivity index (χ0n) is 16.4. The maximum Gasteiger partial charge on any atom is 0.227 e. The summed E-state index contributed by atoms with van der Waals surface area (Å²) in [6, 6.07) is 4.03. The summed E-state index contributed by atoms with van der Waals surface area (Å²) in [7, 11) is 0. The minimum absolute atomic E-state index is 0.114. The molecule has 0 atom stereocenters. The maximum atomic E-state index is 12.6. The number of rotatable bonds is 4. The first kappa shape index (κ1) is 18.7. The molecule has 150 valence electrons. The number of hydrogen-bond donors (Lipinski definition) is 0. The van der Waals surface area contributed by atoms with E-state index in [0.29, 0.717) is 19.5 Å². The quantitative estimate of drug-likeness (QED) is 0.763. The summed E-state index contributed by atoms with van der Waals surface area (Å²) in [5, 5.41) is 12.7. The summed E-state index contributed by atoms with van der Waals surface area (Å²) in [5.41, 5.74) is 1.69. The molecule has 0 N–H and O–H groups in total. The number of carbonyl (C=O) groups is 1. The van der Waals surface area contributed by atoms with Crippen LogP contribution in [-0.2, 0) is 16.0 Å². The van der Waals surface area contributed by atoms with Crippen LogP contribution in [0.25, 0.3) is 0 Å². The van der Waals surface area contributed by atoms with E-state index in [4.69, 9.17) is 9.26 Å². The van der Waals surface area contributed by atoms with Crippen molar-refractivity contribution in [2.45, 2.75) is 20.3 Å². The maximum absolute atomic E-state index is 12.6. The van der Waals surface area contributed by atoms with E-state index in [0.717, 1.165) is 68.0 Å². The van der Waals surface area contributed by atoms with Crippen LogP contribution >= 0.6 is 0 Å². The molecule has 2 fully saturated rings. The standard InChI is InChI=1S/C19H26N6O3/c1-14-16(15(2)28-22-14)13-19(26)25-7-5-23(6-8-25)17-3-4-18(21-20-17)24-9-11-27-12-10-24/h3-4H,5-13H2,1-2H3. The smallest absolute Gasteiger partial charge is 0.227 e. The minimum Gasteiger partial charge on any atom is -0.378 e. The number of carbonyl (C=O) groups excluding carboxylic acids is 1. The first-order valence-corrected chi connectivity index (χ1v) is 9.72. The SMILES string of the molecule is Cc1noc(C)c1CC(=O)N1CCN(c2ccc(N3CCOCC3)nn2)CC1. The molecule has 0 bridgehead atoms. The van der Waals surface area contributed by atoms with Crippen LogP contribution in [0.4, 0.5) is 11.6 Å². The highest BCUT2D eigenvalue weighted by molar-refractivity contribution is 5.79. The molecule has 2 saturated heterocycles. The van der Waals surface area contributed by atoms with Crippen molar-refractivity contribution in [1.82, 2.24) is 20.3 Å². The molecule has 2 aliphatic heterocycles. The van der Waals surface area contributed by atoms with Gasteiger partial charge < -0.3 is 24.0 Å². The van der Waals surface area contributed by atoms with Crippen LogP contribution < -0.4 is 9.80 Å². The van der Waals surface area contributed by atoms with E-state index in [9.17, 15) is 4.79 Å². The highest BCUT2D eigenvalue weighted by atomic mass is 16.5. The topological polar surface area (TPSA) is 87.8 Å². The molecule has 0 unspecified atom stereocenters. The van der Waals surface area contributed by atoms with Gasteiger partial charge >= 0.3 is 0 Å². The van der Waals surface area contributed by atoms with Crippen LogP contribution in [0.3, 0.4) is 0 Å². The van der Waals surface area contributed by atoms with E-state index in [1.54, 1.807) is 0 Å². The Labute approximate surface area is 164 Å². The van der Waals surface area contributed by atoms with Gasteiger partial charge in [-0.15, -0.1) is 10.2 Å². The van der Waals surface area contributed by atoms with Crippen molar-refractivity contribution >= 4 is 17.5 Å². The molecule has 2 aromatic rings. The fraction of sp³-hybridized carbons (Fsp3) is 0.579. The summed E-state index contributed by atoms with van der Waals surface area (Å²) in [5.74, 6) is 2.58. The van der Waals surface area contributed by atoms with Crippen LogP contribution in [0.2, 0.25) is 0 Å². The van der Waals surface area contributed by atoms with Gasteiger partial charge in [0.25, 0.3) is 0 Å². The fourth-order valence-electron chi connectivity index (χ4n) is 3.65. The van der Waals surface area contributed by atoms with Crippen molar-refractivity contribution in [3.05, 3.63) is 29.2 Å². The third-order valence-electron chi connectivity index (χ3n) is 5.44. The molecule has 0 aromatic carbocycles. The van der Waals surface area contributed by atoms with E-state index >= 15 is 0 Å². The highest BCUT2D eigenvalue weighted by Gasteiger charge is 2.24. The van der Waals surface area contributed by atoms with Gasteiger partial charge in [-0.1, -0.05) is 5.16 Å². The average Bonchev–Trinajstić information content (AvgIpc) is 3.06. The zero-order valence-corrected chi connectivity index (χ0v) is 16.4. The number of nitrogens with zero attached hydrogens (tertiary/aromatic N) is 6. The van der Waals surface area contributed by atoms with Gasteiger partial charge in [0.15, 0.2) is 11.6 Å². The van der Waals surface area contributed by atoms with Crippen molar-refractivity contribution in [3.63, 3.8) is 0 Å². The summed E-state index contributed by atoms with van der Waals surface area (Å²) in [4.78, 5) is 18.9. The van der Waals surface area contributed by atoms with Crippen LogP contribution in [-0.4, -0.2) is 78.6 Å². The van der Waals surface area contributed by atoms with Crippen LogP contribution in [0.5, 0.6) is 0 Å². The van der Waals surface area contributed by atoms with E-state index in [2.05, 4.69) is 25.2 Å². The Hall–Kier alpha value is -2.68. The molecule has 4 heterocycles. The molecule has 2 aliphatic rings. The third kappa shape index (κ3) is 3.94. The molecule has 9 nitrogen and oxygen atoms in total. The molecule has 9 heteroatoms. The molecule has 0 saturated carbocycles. The molecule has 1 amide bonds. The predicted molar refractivity (Wildman–Crippen MR) is 104 cm³/mol. The molecular formula is C19H26N6O3. The molecule has 0 spiro atoms. The van der Waals surface area contributed by atoms with Crippen LogP contribution in [0.15, 0.2) is 16.7 Å². The third-order valence-corrected chi connectivity index (χ3v) is 5.44. The van der Waals surface area contributed by atoms with Crippen LogP contribution in [0.1, 0.15) is 17.0 Å². The number of anilines is 2. The van der Waals surface area contributed by atoms with Gasteiger partial charge in [-0.25, -0.2) is 0 Å². The number of piperazine rings is 1. The van der Waals surface area contributed by atoms with Gasteiger partial charge in [-0.2, -0.15) is 0 Å². The van der Waals surface area contributed by atoms with Gasteiger partial charge in [0, 0.05) is 44.8 Å².